The highest BCUT2D eigenvalue weighted by Gasteiger charge is 2.25. The third-order valence-electron chi connectivity index (χ3n) is 3.45. The Kier molecular flexibility index (Phi) is 3.99. The zero-order valence-corrected chi connectivity index (χ0v) is 12.3. The van der Waals surface area contributed by atoms with E-state index >= 15 is 0 Å². The van der Waals surface area contributed by atoms with Gasteiger partial charge in [0.25, 0.3) is 0 Å². The highest BCUT2D eigenvalue weighted by atomic mass is 32.2. The van der Waals surface area contributed by atoms with Crippen molar-refractivity contribution in [1.29, 1.82) is 0 Å². The van der Waals surface area contributed by atoms with Gasteiger partial charge in [-0.15, -0.1) is 0 Å². The first-order valence-corrected chi connectivity index (χ1v) is 8.29. The number of rotatable bonds is 3. The van der Waals surface area contributed by atoms with Gasteiger partial charge < -0.3 is 10.4 Å². The monoisotopic (exact) mass is 298 g/mol. The van der Waals surface area contributed by atoms with E-state index in [0.29, 0.717) is 24.2 Å². The van der Waals surface area contributed by atoms with Crippen molar-refractivity contribution in [2.45, 2.75) is 32.7 Å². The molecule has 1 aliphatic rings. The minimum atomic E-state index is -2.93. The molecule has 1 aromatic rings. The molecule has 6 nitrogen and oxygen atoms in total. The summed E-state index contributed by atoms with van der Waals surface area (Å²) in [5.74, 6) is -0.421. The number of hydrogen-bond donors (Lipinski definition) is 2. The average molecular weight is 298 g/mol. The van der Waals surface area contributed by atoms with Crippen molar-refractivity contribution in [2.24, 2.45) is 0 Å². The number of aromatic nitrogens is 1. The van der Waals surface area contributed by atoms with Gasteiger partial charge in [0.05, 0.1) is 11.5 Å². The van der Waals surface area contributed by atoms with Gasteiger partial charge in [0.2, 0.25) is 0 Å². The van der Waals surface area contributed by atoms with E-state index in [-0.39, 0.29) is 23.1 Å². The second-order valence-corrected chi connectivity index (χ2v) is 7.48. The summed E-state index contributed by atoms with van der Waals surface area (Å²) in [6.07, 6.45) is 0.964. The lowest BCUT2D eigenvalue weighted by molar-refractivity contribution is 0.0696. The summed E-state index contributed by atoms with van der Waals surface area (Å²) in [7, 11) is -2.93. The fourth-order valence-corrected chi connectivity index (χ4v) is 3.93. The molecule has 20 heavy (non-hydrogen) atoms. The maximum absolute atomic E-state index is 11.4. The Morgan fingerprint density at radius 2 is 1.95 bits per heavy atom. The van der Waals surface area contributed by atoms with Crippen LogP contribution < -0.4 is 5.32 Å². The molecule has 2 rings (SSSR count). The molecule has 1 aromatic heterocycles. The largest absolute Gasteiger partial charge is 0.478 e. The van der Waals surface area contributed by atoms with Crippen LogP contribution in [-0.4, -0.2) is 42.0 Å². The van der Waals surface area contributed by atoms with Crippen LogP contribution in [0.2, 0.25) is 0 Å². The van der Waals surface area contributed by atoms with Gasteiger partial charge in [-0.25, -0.2) is 18.2 Å². The minimum absolute atomic E-state index is 0.0506. The van der Waals surface area contributed by atoms with E-state index in [2.05, 4.69) is 10.3 Å². The van der Waals surface area contributed by atoms with Gasteiger partial charge >= 0.3 is 5.97 Å². The van der Waals surface area contributed by atoms with Crippen LogP contribution in [-0.2, 0) is 9.84 Å². The van der Waals surface area contributed by atoms with Crippen molar-refractivity contribution in [3.05, 3.63) is 22.9 Å². The molecule has 0 radical (unpaired) electrons. The van der Waals surface area contributed by atoms with Crippen LogP contribution in [0.25, 0.3) is 0 Å². The van der Waals surface area contributed by atoms with E-state index < -0.39 is 15.8 Å². The van der Waals surface area contributed by atoms with Gasteiger partial charge in [-0.3, -0.25) is 0 Å². The third-order valence-corrected chi connectivity index (χ3v) is 5.17. The number of carbonyl (C=O) groups is 1. The molecule has 0 saturated carbocycles. The molecule has 7 heteroatoms. The maximum atomic E-state index is 11.4. The first-order chi connectivity index (χ1) is 9.28. The van der Waals surface area contributed by atoms with Crippen molar-refractivity contribution in [2.75, 3.05) is 16.8 Å². The lowest BCUT2D eigenvalue weighted by Crippen LogP contribution is -2.33. The zero-order valence-electron chi connectivity index (χ0n) is 11.5. The van der Waals surface area contributed by atoms with Gasteiger partial charge in [-0.05, 0) is 38.3 Å². The molecule has 0 aromatic carbocycles. The molecule has 0 aliphatic carbocycles. The summed E-state index contributed by atoms with van der Waals surface area (Å²) in [6.45, 7) is 3.53. The summed E-state index contributed by atoms with van der Waals surface area (Å²) < 4.78 is 22.8. The number of anilines is 1. The number of carboxylic acid groups (broad SMARTS) is 1. The standard InChI is InChI=1S/C13H18N2O4S/c1-8-7-9(2)14-12(11(8)13(16)17)15-10-3-5-20(18,19)6-4-10/h7,10H,3-6H2,1-2H3,(H,14,15)(H,16,17). The van der Waals surface area contributed by atoms with E-state index in [1.165, 1.54) is 0 Å². The number of hydrogen-bond acceptors (Lipinski definition) is 5. The average Bonchev–Trinajstić information content (AvgIpc) is 2.30. The summed E-state index contributed by atoms with van der Waals surface area (Å²) in [4.78, 5) is 15.6. The summed E-state index contributed by atoms with van der Waals surface area (Å²) in [6, 6.07) is 1.67. The topological polar surface area (TPSA) is 96.4 Å². The highest BCUT2D eigenvalue weighted by Crippen LogP contribution is 2.22. The van der Waals surface area contributed by atoms with Crippen LogP contribution in [0, 0.1) is 13.8 Å². The predicted molar refractivity (Wildman–Crippen MR) is 76.0 cm³/mol. The fraction of sp³-hybridized carbons (Fsp3) is 0.538. The molecule has 1 saturated heterocycles. The molecule has 1 fully saturated rings. The molecule has 0 atom stereocenters. The Hall–Kier alpha value is -1.63. The molecular weight excluding hydrogens is 280 g/mol. The number of aromatic carboxylic acids is 1. The van der Waals surface area contributed by atoms with Crippen LogP contribution in [0.15, 0.2) is 6.07 Å². The second-order valence-electron chi connectivity index (χ2n) is 5.18. The maximum Gasteiger partial charge on any atom is 0.339 e. The summed E-state index contributed by atoms with van der Waals surface area (Å²) in [5.41, 5.74) is 1.54. The van der Waals surface area contributed by atoms with Crippen molar-refractivity contribution in [1.82, 2.24) is 4.98 Å². The summed E-state index contributed by atoms with van der Waals surface area (Å²) in [5, 5.41) is 12.4. The Bertz CT molecular complexity index is 626. The number of pyridine rings is 1. The number of nitrogens with one attached hydrogen (secondary N) is 1. The molecule has 0 unspecified atom stereocenters. The van der Waals surface area contributed by atoms with Crippen LogP contribution in [0.5, 0.6) is 0 Å². The lowest BCUT2D eigenvalue weighted by atomic mass is 10.1. The van der Waals surface area contributed by atoms with E-state index in [9.17, 15) is 18.3 Å². The first-order valence-electron chi connectivity index (χ1n) is 6.47. The molecular formula is C13H18N2O4S. The van der Waals surface area contributed by atoms with Gasteiger partial charge in [0.15, 0.2) is 0 Å². The van der Waals surface area contributed by atoms with Gasteiger partial charge in [0.1, 0.15) is 21.2 Å². The van der Waals surface area contributed by atoms with Crippen molar-refractivity contribution < 1.29 is 18.3 Å². The molecule has 2 heterocycles. The smallest absolute Gasteiger partial charge is 0.339 e. The SMILES string of the molecule is Cc1cc(C)c(C(=O)O)c(NC2CCS(=O)(=O)CC2)n1. The molecule has 0 spiro atoms. The van der Waals surface area contributed by atoms with Crippen LogP contribution in [0.1, 0.15) is 34.5 Å². The quantitative estimate of drug-likeness (QED) is 0.875. The van der Waals surface area contributed by atoms with E-state index in [1.54, 1.807) is 19.9 Å². The predicted octanol–water partition coefficient (Wildman–Crippen LogP) is 1.39. The van der Waals surface area contributed by atoms with E-state index in [0.717, 1.165) is 5.69 Å². The van der Waals surface area contributed by atoms with Crippen LogP contribution in [0.3, 0.4) is 0 Å². The Morgan fingerprint density at radius 3 is 2.50 bits per heavy atom. The normalized spacial score (nSPS) is 18.7. The Morgan fingerprint density at radius 1 is 1.35 bits per heavy atom. The second kappa shape index (κ2) is 5.40. The van der Waals surface area contributed by atoms with Crippen LogP contribution in [0.4, 0.5) is 5.82 Å². The minimum Gasteiger partial charge on any atom is -0.478 e. The zero-order chi connectivity index (χ0) is 14.9. The Balaban J connectivity index is 2.23. The highest BCUT2D eigenvalue weighted by molar-refractivity contribution is 7.91. The van der Waals surface area contributed by atoms with E-state index in [1.807, 2.05) is 0 Å². The summed E-state index contributed by atoms with van der Waals surface area (Å²) >= 11 is 0. The molecule has 110 valence electrons. The fourth-order valence-electron chi connectivity index (χ4n) is 2.44. The number of sulfone groups is 1. The van der Waals surface area contributed by atoms with Crippen molar-refractivity contribution >= 4 is 21.6 Å². The molecule has 1 aliphatic heterocycles. The number of carboxylic acids is 1. The number of nitrogens with zero attached hydrogens (tertiary/aromatic N) is 1. The van der Waals surface area contributed by atoms with Gasteiger partial charge in [0, 0.05) is 11.7 Å². The first kappa shape index (κ1) is 14.8. The number of aryl methyl sites for hydroxylation is 2. The molecule has 2 N–H and O–H groups in total. The Labute approximate surface area is 118 Å². The molecule has 0 bridgehead atoms. The molecule has 0 amide bonds. The van der Waals surface area contributed by atoms with Gasteiger partial charge in [-0.2, -0.15) is 0 Å². The van der Waals surface area contributed by atoms with Crippen LogP contribution >= 0.6 is 0 Å². The van der Waals surface area contributed by atoms with E-state index in [4.69, 9.17) is 0 Å². The third kappa shape index (κ3) is 3.27. The van der Waals surface area contributed by atoms with Crippen molar-refractivity contribution in [3.8, 4) is 0 Å². The van der Waals surface area contributed by atoms with Crippen molar-refractivity contribution in [3.63, 3.8) is 0 Å². The van der Waals surface area contributed by atoms with Gasteiger partial charge in [-0.1, -0.05) is 0 Å². The lowest BCUT2D eigenvalue weighted by Gasteiger charge is -2.24.